The predicted octanol–water partition coefficient (Wildman–Crippen LogP) is 1.48. The Labute approximate surface area is 115 Å². The van der Waals surface area contributed by atoms with Crippen LogP contribution in [0.15, 0.2) is 11.6 Å². The molecule has 0 amide bonds. The van der Waals surface area contributed by atoms with E-state index >= 15 is 0 Å². The first-order chi connectivity index (χ1) is 8.76. The van der Waals surface area contributed by atoms with Crippen LogP contribution in [-0.4, -0.2) is 35.9 Å². The lowest BCUT2D eigenvalue weighted by Gasteiger charge is -2.28. The smallest absolute Gasteiger partial charge is 0.166 e. The van der Waals surface area contributed by atoms with Gasteiger partial charge in [0.05, 0.1) is 12.2 Å². The molecule has 0 radical (unpaired) electrons. The molecule has 1 aliphatic carbocycles. The summed E-state index contributed by atoms with van der Waals surface area (Å²) in [6.07, 6.45) is 2.53. The van der Waals surface area contributed by atoms with E-state index in [0.717, 1.165) is 0 Å². The van der Waals surface area contributed by atoms with Crippen LogP contribution < -0.4 is 5.32 Å². The number of aliphatic hydroxyl groups excluding tert-OH is 1. The number of rotatable bonds is 5. The molecule has 0 heterocycles. The second-order valence-corrected chi connectivity index (χ2v) is 6.42. The molecule has 4 nitrogen and oxygen atoms in total. The molecule has 4 heteroatoms. The Morgan fingerprint density at radius 2 is 1.79 bits per heavy atom. The molecule has 0 unspecified atom stereocenters. The largest absolute Gasteiger partial charge is 0.395 e. The predicted molar refractivity (Wildman–Crippen MR) is 74.8 cm³/mol. The fraction of sp³-hybridized carbons (Fsp3) is 0.733. The van der Waals surface area contributed by atoms with Crippen molar-refractivity contribution in [2.45, 2.75) is 46.6 Å². The summed E-state index contributed by atoms with van der Waals surface area (Å²) in [5.41, 5.74) is 0.108. The highest BCUT2D eigenvalue weighted by Crippen LogP contribution is 2.33. The normalized spacial score (nSPS) is 20.8. The summed E-state index contributed by atoms with van der Waals surface area (Å²) in [6, 6.07) is -0.0120. The van der Waals surface area contributed by atoms with Gasteiger partial charge in [-0.15, -0.1) is 0 Å². The van der Waals surface area contributed by atoms with E-state index in [2.05, 4.69) is 5.32 Å². The summed E-state index contributed by atoms with van der Waals surface area (Å²) in [4.78, 5) is 23.9. The Morgan fingerprint density at radius 3 is 2.21 bits per heavy atom. The van der Waals surface area contributed by atoms with Crippen LogP contribution in [0.5, 0.6) is 0 Å². The lowest BCUT2D eigenvalue weighted by atomic mass is 9.74. The minimum absolute atomic E-state index is 0.0120. The van der Waals surface area contributed by atoms with E-state index < -0.39 is 0 Å². The van der Waals surface area contributed by atoms with E-state index in [0.29, 0.717) is 30.9 Å². The third-order valence-corrected chi connectivity index (χ3v) is 3.57. The third-order valence-electron chi connectivity index (χ3n) is 3.57. The monoisotopic (exact) mass is 267 g/mol. The van der Waals surface area contributed by atoms with E-state index in [1.165, 1.54) is 0 Å². The zero-order valence-electron chi connectivity index (χ0n) is 12.3. The molecule has 19 heavy (non-hydrogen) atoms. The summed E-state index contributed by atoms with van der Waals surface area (Å²) in [5.74, 6) is 0.182. The molecule has 1 rings (SSSR count). The second-order valence-electron chi connectivity index (χ2n) is 6.42. The SMILES string of the molecule is CC(C)[C@H](CO)NCC=C1C(=O)CC(C)(C)CC1=O. The molecule has 1 fully saturated rings. The molecule has 0 aromatic rings. The fourth-order valence-corrected chi connectivity index (χ4v) is 2.33. The van der Waals surface area contributed by atoms with E-state index in [1.54, 1.807) is 6.08 Å². The Balaban J connectivity index is 2.62. The van der Waals surface area contributed by atoms with Crippen molar-refractivity contribution in [2.75, 3.05) is 13.2 Å². The molecule has 0 aromatic carbocycles. The van der Waals surface area contributed by atoms with Gasteiger partial charge in [0.15, 0.2) is 11.6 Å². The maximum atomic E-state index is 11.9. The van der Waals surface area contributed by atoms with Gasteiger partial charge in [0.2, 0.25) is 0 Å². The van der Waals surface area contributed by atoms with Crippen molar-refractivity contribution >= 4 is 11.6 Å². The first-order valence-electron chi connectivity index (χ1n) is 6.87. The summed E-state index contributed by atoms with van der Waals surface area (Å²) in [6.45, 7) is 8.41. The molecule has 0 bridgehead atoms. The first kappa shape index (κ1) is 16.1. The lowest BCUT2D eigenvalue weighted by Crippen LogP contribution is -2.38. The van der Waals surface area contributed by atoms with Crippen LogP contribution in [0.2, 0.25) is 0 Å². The second kappa shape index (κ2) is 6.44. The van der Waals surface area contributed by atoms with Crippen molar-refractivity contribution in [3.8, 4) is 0 Å². The van der Waals surface area contributed by atoms with Gasteiger partial charge < -0.3 is 10.4 Å². The van der Waals surface area contributed by atoms with Gasteiger partial charge in [-0.2, -0.15) is 0 Å². The highest BCUT2D eigenvalue weighted by atomic mass is 16.3. The van der Waals surface area contributed by atoms with Gasteiger partial charge in [0.1, 0.15) is 0 Å². The van der Waals surface area contributed by atoms with Crippen LogP contribution in [0, 0.1) is 11.3 Å². The Kier molecular flexibility index (Phi) is 5.44. The van der Waals surface area contributed by atoms with Crippen LogP contribution in [0.4, 0.5) is 0 Å². The number of nitrogens with one attached hydrogen (secondary N) is 1. The number of allylic oxidation sites excluding steroid dienone is 1. The average molecular weight is 267 g/mol. The standard InChI is InChI=1S/C15H25NO3/c1-10(2)12(9-17)16-6-5-11-13(18)7-15(3,4)8-14(11)19/h5,10,12,16-17H,6-9H2,1-4H3/t12-/m0/s1. The van der Waals surface area contributed by atoms with E-state index in [-0.39, 0.29) is 29.6 Å². The van der Waals surface area contributed by atoms with E-state index in [9.17, 15) is 14.7 Å². The molecule has 0 aliphatic heterocycles. The van der Waals surface area contributed by atoms with Gasteiger partial charge in [0, 0.05) is 25.4 Å². The number of ketones is 2. The molecule has 0 saturated heterocycles. The minimum atomic E-state index is -0.218. The number of hydrogen-bond acceptors (Lipinski definition) is 4. The van der Waals surface area contributed by atoms with Crippen LogP contribution in [-0.2, 0) is 9.59 Å². The fourth-order valence-electron chi connectivity index (χ4n) is 2.33. The van der Waals surface area contributed by atoms with Crippen LogP contribution in [0.25, 0.3) is 0 Å². The summed E-state index contributed by atoms with van der Waals surface area (Å²) < 4.78 is 0. The maximum absolute atomic E-state index is 11.9. The van der Waals surface area contributed by atoms with Gasteiger partial charge in [-0.25, -0.2) is 0 Å². The molecule has 1 atom stereocenters. The zero-order valence-corrected chi connectivity index (χ0v) is 12.3. The summed E-state index contributed by atoms with van der Waals surface area (Å²) in [5, 5.41) is 12.3. The third kappa shape index (κ3) is 4.55. The first-order valence-corrected chi connectivity index (χ1v) is 6.87. The van der Waals surface area contributed by atoms with Gasteiger partial charge in [-0.1, -0.05) is 33.8 Å². The van der Waals surface area contributed by atoms with Crippen molar-refractivity contribution in [1.29, 1.82) is 0 Å². The summed E-state index contributed by atoms with van der Waals surface area (Å²) in [7, 11) is 0. The van der Waals surface area contributed by atoms with Crippen LogP contribution in [0.3, 0.4) is 0 Å². The van der Waals surface area contributed by atoms with Crippen molar-refractivity contribution in [3.63, 3.8) is 0 Å². The quantitative estimate of drug-likeness (QED) is 0.585. The molecule has 0 aromatic heterocycles. The van der Waals surface area contributed by atoms with Gasteiger partial charge in [-0.3, -0.25) is 9.59 Å². The van der Waals surface area contributed by atoms with Crippen molar-refractivity contribution < 1.29 is 14.7 Å². The van der Waals surface area contributed by atoms with Crippen molar-refractivity contribution in [3.05, 3.63) is 11.6 Å². The van der Waals surface area contributed by atoms with Crippen molar-refractivity contribution in [1.82, 2.24) is 5.32 Å². The highest BCUT2D eigenvalue weighted by molar-refractivity contribution is 6.22. The molecule has 1 aliphatic rings. The van der Waals surface area contributed by atoms with Gasteiger partial charge in [-0.05, 0) is 11.3 Å². The minimum Gasteiger partial charge on any atom is -0.395 e. The number of aliphatic hydroxyl groups is 1. The Morgan fingerprint density at radius 1 is 1.26 bits per heavy atom. The van der Waals surface area contributed by atoms with Gasteiger partial charge >= 0.3 is 0 Å². The number of Topliss-reactive ketones (excluding diaryl/α,β-unsaturated/α-hetero) is 2. The molecule has 108 valence electrons. The van der Waals surface area contributed by atoms with Gasteiger partial charge in [0.25, 0.3) is 0 Å². The van der Waals surface area contributed by atoms with Crippen LogP contribution in [0.1, 0.15) is 40.5 Å². The Hall–Kier alpha value is -1.00. The highest BCUT2D eigenvalue weighted by Gasteiger charge is 2.35. The van der Waals surface area contributed by atoms with E-state index in [1.807, 2.05) is 27.7 Å². The Bertz CT molecular complexity index is 361. The van der Waals surface area contributed by atoms with E-state index in [4.69, 9.17) is 0 Å². The molecular formula is C15H25NO3. The van der Waals surface area contributed by atoms with Crippen LogP contribution >= 0.6 is 0 Å². The zero-order chi connectivity index (χ0) is 14.6. The topological polar surface area (TPSA) is 66.4 Å². The average Bonchev–Trinajstić information content (AvgIpc) is 2.25. The molecule has 2 N–H and O–H groups in total. The molecular weight excluding hydrogens is 242 g/mol. The number of carbonyl (C=O) groups excluding carboxylic acids is 2. The number of hydrogen-bond donors (Lipinski definition) is 2. The number of carbonyl (C=O) groups is 2. The van der Waals surface area contributed by atoms with Crippen molar-refractivity contribution in [2.24, 2.45) is 11.3 Å². The molecule has 0 spiro atoms. The lowest BCUT2D eigenvalue weighted by molar-refractivity contribution is -0.127. The summed E-state index contributed by atoms with van der Waals surface area (Å²) >= 11 is 0. The molecule has 1 saturated carbocycles. The maximum Gasteiger partial charge on any atom is 0.166 e.